The fourth-order valence-electron chi connectivity index (χ4n) is 5.65. The van der Waals surface area contributed by atoms with Crippen LogP contribution >= 0.6 is 0 Å². The molecule has 0 bridgehead atoms. The van der Waals surface area contributed by atoms with Gasteiger partial charge < -0.3 is 18.9 Å². The maximum Gasteiger partial charge on any atom is 1.00 e. The molecule has 0 radical (unpaired) electrons. The number of hydrogen-bond acceptors (Lipinski definition) is 8. The molecule has 0 amide bonds. The van der Waals surface area contributed by atoms with Crippen LogP contribution < -0.4 is 39.4 Å². The molecule has 0 atom stereocenters. The Morgan fingerprint density at radius 3 is 1.66 bits per heavy atom. The van der Waals surface area contributed by atoms with Gasteiger partial charge in [0.05, 0.1) is 9.79 Å². The first-order chi connectivity index (χ1) is 17.4. The van der Waals surface area contributed by atoms with E-state index in [2.05, 4.69) is 9.80 Å². The summed E-state index contributed by atoms with van der Waals surface area (Å²) in [4.78, 5) is 2.91. The van der Waals surface area contributed by atoms with Gasteiger partial charge in [-0.25, -0.2) is 16.8 Å². The van der Waals surface area contributed by atoms with Gasteiger partial charge in [-0.3, -0.25) is 0 Å². The molecule has 0 saturated heterocycles. The minimum atomic E-state index is -5.10. The molecule has 11 heteroatoms. The summed E-state index contributed by atoms with van der Waals surface area (Å²) in [5, 5.41) is 0. The van der Waals surface area contributed by atoms with Crippen molar-refractivity contribution in [3.63, 3.8) is 0 Å². The largest absolute Gasteiger partial charge is 1.00 e. The van der Waals surface area contributed by atoms with Gasteiger partial charge in [0, 0.05) is 44.5 Å². The Morgan fingerprint density at radius 2 is 1.21 bits per heavy atom. The van der Waals surface area contributed by atoms with Gasteiger partial charge in [-0.15, -0.1) is 0 Å². The Balaban J connectivity index is 0.00000336. The minimum absolute atomic E-state index is 0. The van der Waals surface area contributed by atoms with Crippen LogP contribution in [0.2, 0.25) is 0 Å². The van der Waals surface area contributed by atoms with Gasteiger partial charge in [0.25, 0.3) is 0 Å². The Morgan fingerprint density at radius 1 is 0.711 bits per heavy atom. The van der Waals surface area contributed by atoms with Crippen molar-refractivity contribution in [1.29, 1.82) is 0 Å². The van der Waals surface area contributed by atoms with Crippen LogP contribution in [0.5, 0.6) is 0 Å². The van der Waals surface area contributed by atoms with Crippen LogP contribution in [0.3, 0.4) is 0 Å². The summed E-state index contributed by atoms with van der Waals surface area (Å²) in [6.07, 6.45) is 3.71. The van der Waals surface area contributed by atoms with E-state index in [0.717, 1.165) is 78.5 Å². The minimum Gasteiger partial charge on any atom is -0.744 e. The van der Waals surface area contributed by atoms with E-state index in [0.29, 0.717) is 6.07 Å². The molecule has 0 aromatic heterocycles. The predicted molar refractivity (Wildman–Crippen MR) is 139 cm³/mol. The standard InChI is InChI=1S/C27H30N2O6S2.Na/c1-28-13-3-5-18-15-20(7-11-24(18)28)27(21-8-12-25-19(16-21)6-4-14-29(25)2)23-10-9-22(36(30,31)32)17-26(23)37(33,34)35;/h7-12,15-17,27H,3-6,13-14H2,1-2H3,(H,30,31,32)(H,33,34,35);/q;+1/p-2. The van der Waals surface area contributed by atoms with E-state index in [1.54, 1.807) is 0 Å². The molecule has 196 valence electrons. The molecular weight excluding hydrogens is 535 g/mol. The summed E-state index contributed by atoms with van der Waals surface area (Å²) < 4.78 is 72.1. The molecule has 2 heterocycles. The molecular formula is C27H28N2NaO6S2-. The fourth-order valence-corrected chi connectivity index (χ4v) is 6.96. The number of rotatable bonds is 5. The molecule has 0 unspecified atom stereocenters. The average molecular weight is 564 g/mol. The first kappa shape index (κ1) is 29.1. The second-order valence-electron chi connectivity index (χ2n) is 9.87. The average Bonchev–Trinajstić information content (AvgIpc) is 2.83. The monoisotopic (exact) mass is 563 g/mol. The second kappa shape index (κ2) is 10.9. The normalized spacial score (nSPS) is 15.6. The SMILES string of the molecule is CN1CCCc2cc(C(c3ccc4c(c3)CCCN4C)c3ccc(S(=O)(=O)[O-])cc3S(=O)(=O)[O-])ccc21.[Na+]. The van der Waals surface area contributed by atoms with Crippen molar-refractivity contribution in [2.75, 3.05) is 37.0 Å². The smallest absolute Gasteiger partial charge is 0.744 e. The Hall–Kier alpha value is -1.92. The van der Waals surface area contributed by atoms with E-state index in [1.807, 2.05) is 50.5 Å². The van der Waals surface area contributed by atoms with Crippen LogP contribution in [-0.2, 0) is 33.1 Å². The Labute approximate surface area is 246 Å². The maximum atomic E-state index is 12.4. The van der Waals surface area contributed by atoms with Gasteiger partial charge in [0.1, 0.15) is 20.2 Å². The number of fused-ring (bicyclic) bond motifs is 2. The molecule has 2 aliphatic rings. The summed E-state index contributed by atoms with van der Waals surface area (Å²) in [5.74, 6) is -0.655. The number of nitrogens with zero attached hydrogens (tertiary/aromatic N) is 2. The zero-order valence-corrected chi connectivity index (χ0v) is 25.3. The van der Waals surface area contributed by atoms with E-state index in [1.165, 1.54) is 6.07 Å². The molecule has 0 spiro atoms. The quantitative estimate of drug-likeness (QED) is 0.249. The Bertz CT molecular complexity index is 1530. The van der Waals surface area contributed by atoms with Crippen molar-refractivity contribution in [2.24, 2.45) is 0 Å². The third-order valence-electron chi connectivity index (χ3n) is 7.43. The molecule has 0 aliphatic carbocycles. The number of hydrogen-bond donors (Lipinski definition) is 0. The first-order valence-corrected chi connectivity index (χ1v) is 15.0. The molecule has 3 aromatic rings. The molecule has 5 rings (SSSR count). The van der Waals surface area contributed by atoms with Crippen molar-refractivity contribution < 1.29 is 55.5 Å². The summed E-state index contributed by atoms with van der Waals surface area (Å²) in [5.41, 5.74) is 6.19. The maximum absolute atomic E-state index is 12.4. The fraction of sp³-hybridized carbons (Fsp3) is 0.333. The molecule has 0 saturated carbocycles. The van der Waals surface area contributed by atoms with Gasteiger partial charge in [-0.1, -0.05) is 30.3 Å². The van der Waals surface area contributed by atoms with Crippen LogP contribution in [0.4, 0.5) is 11.4 Å². The number of aryl methyl sites for hydroxylation is 2. The predicted octanol–water partition coefficient (Wildman–Crippen LogP) is 0.444. The second-order valence-corrected chi connectivity index (χ2v) is 12.6. The first-order valence-electron chi connectivity index (χ1n) is 12.2. The summed E-state index contributed by atoms with van der Waals surface area (Å²) in [6.45, 7) is 1.88. The molecule has 8 nitrogen and oxygen atoms in total. The van der Waals surface area contributed by atoms with E-state index < -0.39 is 35.9 Å². The van der Waals surface area contributed by atoms with Crippen LogP contribution in [0.15, 0.2) is 64.4 Å². The zero-order valence-electron chi connectivity index (χ0n) is 21.7. The van der Waals surface area contributed by atoms with Gasteiger partial charge >= 0.3 is 29.6 Å². The van der Waals surface area contributed by atoms with Crippen molar-refractivity contribution in [3.8, 4) is 0 Å². The van der Waals surface area contributed by atoms with Gasteiger partial charge in [-0.2, -0.15) is 0 Å². The number of benzene rings is 3. The van der Waals surface area contributed by atoms with E-state index in [4.69, 9.17) is 0 Å². The Kier molecular flexibility index (Phi) is 8.36. The summed E-state index contributed by atoms with van der Waals surface area (Å²) in [7, 11) is -6.00. The topological polar surface area (TPSA) is 121 Å². The molecule has 0 fully saturated rings. The summed E-state index contributed by atoms with van der Waals surface area (Å²) >= 11 is 0. The van der Waals surface area contributed by atoms with Crippen molar-refractivity contribution >= 4 is 31.6 Å². The third-order valence-corrected chi connectivity index (χ3v) is 9.15. The zero-order chi connectivity index (χ0) is 26.5. The third kappa shape index (κ3) is 5.67. The number of anilines is 2. The van der Waals surface area contributed by atoms with Gasteiger partial charge in [0.2, 0.25) is 0 Å². The van der Waals surface area contributed by atoms with E-state index in [9.17, 15) is 25.9 Å². The van der Waals surface area contributed by atoms with E-state index in [-0.39, 0.29) is 35.1 Å². The molecule has 38 heavy (non-hydrogen) atoms. The molecule has 3 aromatic carbocycles. The van der Waals surface area contributed by atoms with Crippen molar-refractivity contribution in [1.82, 2.24) is 0 Å². The van der Waals surface area contributed by atoms with Crippen LogP contribution in [0.1, 0.15) is 46.6 Å². The molecule has 0 N–H and O–H groups in total. The van der Waals surface area contributed by atoms with Crippen molar-refractivity contribution in [3.05, 3.63) is 82.4 Å². The van der Waals surface area contributed by atoms with Gasteiger partial charge in [-0.05, 0) is 77.8 Å². The summed E-state index contributed by atoms with van der Waals surface area (Å²) in [6, 6.07) is 15.0. The van der Waals surface area contributed by atoms with Crippen LogP contribution in [0.25, 0.3) is 0 Å². The van der Waals surface area contributed by atoms with Crippen LogP contribution in [0, 0.1) is 0 Å². The van der Waals surface area contributed by atoms with Crippen molar-refractivity contribution in [2.45, 2.75) is 41.4 Å². The van der Waals surface area contributed by atoms with Gasteiger partial charge in [0.15, 0.2) is 0 Å². The molecule has 2 aliphatic heterocycles. The van der Waals surface area contributed by atoms with E-state index >= 15 is 0 Å². The van der Waals surface area contributed by atoms with Crippen LogP contribution in [-0.4, -0.2) is 53.1 Å².